The van der Waals surface area contributed by atoms with Gasteiger partial charge in [0.1, 0.15) is 11.9 Å². The number of hydrogen-bond acceptors (Lipinski definition) is 5. The van der Waals surface area contributed by atoms with E-state index < -0.39 is 42.8 Å². The lowest BCUT2D eigenvalue weighted by atomic mass is 10.2. The fourth-order valence-electron chi connectivity index (χ4n) is 2.35. The Morgan fingerprint density at radius 2 is 2.00 bits per heavy atom. The summed E-state index contributed by atoms with van der Waals surface area (Å²) >= 11 is 0. The topological polar surface area (TPSA) is 121 Å². The number of nitrogens with zero attached hydrogens (tertiary/aromatic N) is 1. The first kappa shape index (κ1) is 17.6. The molecule has 0 unspecified atom stereocenters. The normalized spacial score (nSPS) is 19.7. The molecule has 23 heavy (non-hydrogen) atoms. The first-order valence-electron chi connectivity index (χ1n) is 6.54. The monoisotopic (exact) mass is 366 g/mol. The van der Waals surface area contributed by atoms with Gasteiger partial charge in [-0.25, -0.2) is 21.2 Å². The van der Waals surface area contributed by atoms with E-state index in [-0.39, 0.29) is 18.7 Å². The Kier molecular flexibility index (Phi) is 4.64. The highest BCUT2D eigenvalue weighted by Crippen LogP contribution is 2.28. The molecular formula is C12H15FN2O6S2. The van der Waals surface area contributed by atoms with Gasteiger partial charge in [0.15, 0.2) is 0 Å². The summed E-state index contributed by atoms with van der Waals surface area (Å²) in [5, 5.41) is 9.06. The molecule has 1 aliphatic heterocycles. The number of sulfonamides is 2. The first-order chi connectivity index (χ1) is 10.5. The minimum absolute atomic E-state index is 0.0320. The SMILES string of the molecule is CS(=O)(=O)Nc1ccc(S(=O)(=O)N2CCC[C@@H]2C(=O)O)cc1F. The molecule has 1 saturated heterocycles. The van der Waals surface area contributed by atoms with E-state index in [1.165, 1.54) is 0 Å². The van der Waals surface area contributed by atoms with Crippen LogP contribution in [0.5, 0.6) is 0 Å². The zero-order chi connectivity index (χ0) is 17.4. The first-order valence-corrected chi connectivity index (χ1v) is 9.87. The minimum Gasteiger partial charge on any atom is -0.480 e. The molecule has 1 atom stereocenters. The van der Waals surface area contributed by atoms with Gasteiger partial charge in [0, 0.05) is 6.54 Å². The minimum atomic E-state index is -4.18. The van der Waals surface area contributed by atoms with Gasteiger partial charge in [-0.15, -0.1) is 0 Å². The predicted octanol–water partition coefficient (Wildman–Crippen LogP) is 0.435. The van der Waals surface area contributed by atoms with Gasteiger partial charge >= 0.3 is 5.97 Å². The molecule has 0 bridgehead atoms. The van der Waals surface area contributed by atoms with Crippen molar-refractivity contribution in [2.24, 2.45) is 0 Å². The number of carboxylic acids is 1. The summed E-state index contributed by atoms with van der Waals surface area (Å²) in [6.45, 7) is 0.0320. The molecule has 8 nitrogen and oxygen atoms in total. The Hall–Kier alpha value is -1.72. The molecule has 1 aromatic rings. The van der Waals surface area contributed by atoms with E-state index in [4.69, 9.17) is 5.11 Å². The van der Waals surface area contributed by atoms with Gasteiger partial charge in [-0.2, -0.15) is 4.31 Å². The van der Waals surface area contributed by atoms with Crippen LogP contribution in [0.3, 0.4) is 0 Å². The van der Waals surface area contributed by atoms with Crippen molar-refractivity contribution in [1.82, 2.24) is 4.31 Å². The average Bonchev–Trinajstić information content (AvgIpc) is 2.89. The average molecular weight is 366 g/mol. The fraction of sp³-hybridized carbons (Fsp3) is 0.417. The van der Waals surface area contributed by atoms with Crippen LogP contribution in [0.4, 0.5) is 10.1 Å². The number of hydrogen-bond donors (Lipinski definition) is 2. The van der Waals surface area contributed by atoms with Crippen LogP contribution in [0.2, 0.25) is 0 Å². The Balaban J connectivity index is 2.38. The summed E-state index contributed by atoms with van der Waals surface area (Å²) in [4.78, 5) is 10.7. The van der Waals surface area contributed by atoms with E-state index in [2.05, 4.69) is 0 Å². The Labute approximate surface area is 133 Å². The van der Waals surface area contributed by atoms with E-state index >= 15 is 0 Å². The lowest BCUT2D eigenvalue weighted by molar-refractivity contribution is -0.140. The van der Waals surface area contributed by atoms with Crippen molar-refractivity contribution in [1.29, 1.82) is 0 Å². The molecule has 0 amide bonds. The van der Waals surface area contributed by atoms with Gasteiger partial charge in [-0.3, -0.25) is 9.52 Å². The number of halogens is 1. The zero-order valence-electron chi connectivity index (χ0n) is 12.1. The predicted molar refractivity (Wildman–Crippen MR) is 79.4 cm³/mol. The van der Waals surface area contributed by atoms with E-state index in [0.717, 1.165) is 22.7 Å². The third-order valence-electron chi connectivity index (χ3n) is 3.33. The molecule has 1 aromatic carbocycles. The summed E-state index contributed by atoms with van der Waals surface area (Å²) in [5.41, 5.74) is -0.386. The second-order valence-corrected chi connectivity index (χ2v) is 8.77. The quantitative estimate of drug-likeness (QED) is 0.780. The van der Waals surface area contributed by atoms with Crippen LogP contribution in [0, 0.1) is 5.82 Å². The van der Waals surface area contributed by atoms with E-state index in [9.17, 15) is 26.0 Å². The second-order valence-electron chi connectivity index (χ2n) is 5.13. The number of benzene rings is 1. The summed E-state index contributed by atoms with van der Waals surface area (Å²) in [5.74, 6) is -2.33. The molecule has 1 heterocycles. The number of rotatable bonds is 5. The number of nitrogens with one attached hydrogen (secondary N) is 1. The maximum Gasteiger partial charge on any atom is 0.322 e. The molecule has 11 heteroatoms. The van der Waals surface area contributed by atoms with Crippen LogP contribution >= 0.6 is 0 Å². The van der Waals surface area contributed by atoms with Gasteiger partial charge in [-0.05, 0) is 31.0 Å². The van der Waals surface area contributed by atoms with Crippen molar-refractivity contribution in [2.75, 3.05) is 17.5 Å². The molecule has 128 valence electrons. The van der Waals surface area contributed by atoms with Crippen molar-refractivity contribution in [3.8, 4) is 0 Å². The van der Waals surface area contributed by atoms with Crippen LogP contribution < -0.4 is 4.72 Å². The van der Waals surface area contributed by atoms with Crippen LogP contribution in [0.1, 0.15) is 12.8 Å². The zero-order valence-corrected chi connectivity index (χ0v) is 13.7. The molecule has 0 aromatic heterocycles. The lowest BCUT2D eigenvalue weighted by Crippen LogP contribution is -2.40. The highest BCUT2D eigenvalue weighted by Gasteiger charge is 2.39. The number of carbonyl (C=O) groups is 1. The summed E-state index contributed by atoms with van der Waals surface area (Å²) in [6, 6.07) is 1.50. The molecule has 2 N–H and O–H groups in total. The van der Waals surface area contributed by atoms with E-state index in [0.29, 0.717) is 12.5 Å². The Morgan fingerprint density at radius 3 is 2.52 bits per heavy atom. The number of aliphatic carboxylic acids is 1. The standard InChI is InChI=1S/C12H15FN2O6S2/c1-22(18,19)14-10-5-4-8(7-9(10)13)23(20,21)15-6-2-3-11(15)12(16)17/h4-5,7,11,14H,2-3,6H2,1H3,(H,16,17)/t11-/m1/s1. The van der Waals surface area contributed by atoms with Gasteiger partial charge < -0.3 is 5.11 Å². The Bertz CT molecular complexity index is 837. The fourth-order valence-corrected chi connectivity index (χ4v) is 4.58. The molecule has 0 aliphatic carbocycles. The third kappa shape index (κ3) is 3.79. The van der Waals surface area contributed by atoms with Crippen molar-refractivity contribution < 1.29 is 31.1 Å². The van der Waals surface area contributed by atoms with Crippen LogP contribution in [0.25, 0.3) is 0 Å². The molecule has 2 rings (SSSR count). The number of carboxylic acid groups (broad SMARTS) is 1. The van der Waals surface area contributed by atoms with E-state index in [1.54, 1.807) is 0 Å². The van der Waals surface area contributed by atoms with Crippen molar-refractivity contribution >= 4 is 31.7 Å². The number of anilines is 1. The van der Waals surface area contributed by atoms with Crippen molar-refractivity contribution in [3.05, 3.63) is 24.0 Å². The molecule has 1 fully saturated rings. The maximum atomic E-state index is 13.9. The van der Waals surface area contributed by atoms with Gasteiger partial charge in [0.25, 0.3) is 0 Å². The summed E-state index contributed by atoms with van der Waals surface area (Å²) in [6.07, 6.45) is 1.41. The second kappa shape index (κ2) is 6.06. The summed E-state index contributed by atoms with van der Waals surface area (Å²) in [7, 11) is -7.89. The third-order valence-corrected chi connectivity index (χ3v) is 5.83. The largest absolute Gasteiger partial charge is 0.480 e. The van der Waals surface area contributed by atoms with Crippen LogP contribution in [0.15, 0.2) is 23.1 Å². The van der Waals surface area contributed by atoms with Crippen LogP contribution in [-0.4, -0.2) is 51.1 Å². The van der Waals surface area contributed by atoms with E-state index in [1.807, 2.05) is 4.72 Å². The van der Waals surface area contributed by atoms with Crippen molar-refractivity contribution in [3.63, 3.8) is 0 Å². The molecule has 1 aliphatic rings. The summed E-state index contributed by atoms with van der Waals surface area (Å²) < 4.78 is 63.8. The van der Waals surface area contributed by atoms with Gasteiger partial charge in [0.2, 0.25) is 20.0 Å². The molecule has 0 spiro atoms. The molecule has 0 radical (unpaired) electrons. The Morgan fingerprint density at radius 1 is 1.35 bits per heavy atom. The van der Waals surface area contributed by atoms with Gasteiger partial charge in [-0.1, -0.05) is 0 Å². The molecular weight excluding hydrogens is 351 g/mol. The van der Waals surface area contributed by atoms with Crippen LogP contribution in [-0.2, 0) is 24.8 Å². The highest BCUT2D eigenvalue weighted by atomic mass is 32.2. The lowest BCUT2D eigenvalue weighted by Gasteiger charge is -2.21. The highest BCUT2D eigenvalue weighted by molar-refractivity contribution is 7.92. The smallest absolute Gasteiger partial charge is 0.322 e. The molecule has 0 saturated carbocycles. The van der Waals surface area contributed by atoms with Gasteiger partial charge in [0.05, 0.1) is 16.8 Å². The van der Waals surface area contributed by atoms with Crippen molar-refractivity contribution in [2.45, 2.75) is 23.8 Å². The maximum absolute atomic E-state index is 13.9.